The van der Waals surface area contributed by atoms with Crippen LogP contribution in [0.15, 0.2) is 53.0 Å². The van der Waals surface area contributed by atoms with E-state index in [4.69, 9.17) is 0 Å². The lowest BCUT2D eigenvalue weighted by Gasteiger charge is -2.29. The summed E-state index contributed by atoms with van der Waals surface area (Å²) in [5, 5.41) is 2.81. The fourth-order valence-electron chi connectivity index (χ4n) is 2.67. The van der Waals surface area contributed by atoms with Crippen LogP contribution in [0.1, 0.15) is 30.5 Å². The Balaban J connectivity index is 2.20. The molecule has 2 aromatic carbocycles. The summed E-state index contributed by atoms with van der Waals surface area (Å²) in [5.41, 5.74) is 3.09. The number of likely N-dealkylation sites (N-methyl/N-ethyl adjacent to an activating group) is 1. The number of aryl methyl sites for hydroxylation is 1. The van der Waals surface area contributed by atoms with Crippen LogP contribution in [0, 0.1) is 6.92 Å². The van der Waals surface area contributed by atoms with Gasteiger partial charge in [0.2, 0.25) is 11.8 Å². The molecule has 26 heavy (non-hydrogen) atoms. The van der Waals surface area contributed by atoms with Gasteiger partial charge in [0.1, 0.15) is 6.04 Å². The number of nitrogens with one attached hydrogen (secondary N) is 1. The minimum atomic E-state index is -0.531. The molecule has 2 aromatic rings. The van der Waals surface area contributed by atoms with Gasteiger partial charge in [-0.2, -0.15) is 0 Å². The van der Waals surface area contributed by atoms with Crippen LogP contribution in [-0.2, 0) is 22.6 Å². The van der Waals surface area contributed by atoms with Crippen molar-refractivity contribution >= 4 is 27.7 Å². The summed E-state index contributed by atoms with van der Waals surface area (Å²) in [4.78, 5) is 26.9. The molecule has 0 saturated carbocycles. The molecule has 4 nitrogen and oxygen atoms in total. The van der Waals surface area contributed by atoms with Crippen molar-refractivity contribution in [1.82, 2.24) is 10.2 Å². The van der Waals surface area contributed by atoms with Gasteiger partial charge in [0.25, 0.3) is 0 Å². The molecule has 0 unspecified atom stereocenters. The van der Waals surface area contributed by atoms with Gasteiger partial charge in [-0.1, -0.05) is 57.9 Å². The Labute approximate surface area is 163 Å². The van der Waals surface area contributed by atoms with E-state index in [9.17, 15) is 9.59 Å². The first kappa shape index (κ1) is 20.2. The van der Waals surface area contributed by atoms with E-state index >= 15 is 0 Å². The Morgan fingerprint density at radius 3 is 2.19 bits per heavy atom. The standard InChI is InChI=1S/C21H25BrN2O2/c1-4-23-21(26)16(3)24(14-18-9-11-19(22)12-10-18)20(25)13-17-7-5-15(2)6-8-17/h5-12,16H,4,13-14H2,1-3H3,(H,23,26)/t16-/m0/s1. The van der Waals surface area contributed by atoms with Gasteiger partial charge < -0.3 is 10.2 Å². The van der Waals surface area contributed by atoms with Crippen molar-refractivity contribution in [1.29, 1.82) is 0 Å². The third-order valence-electron chi connectivity index (χ3n) is 4.26. The number of amides is 2. The molecule has 1 atom stereocenters. The van der Waals surface area contributed by atoms with Gasteiger partial charge in [-0.15, -0.1) is 0 Å². The highest BCUT2D eigenvalue weighted by Gasteiger charge is 2.25. The third-order valence-corrected chi connectivity index (χ3v) is 4.79. The predicted octanol–water partition coefficient (Wildman–Crippen LogP) is 3.85. The molecule has 0 aromatic heterocycles. The zero-order valence-corrected chi connectivity index (χ0v) is 17.0. The average molecular weight is 417 g/mol. The lowest BCUT2D eigenvalue weighted by Crippen LogP contribution is -2.48. The van der Waals surface area contributed by atoms with Crippen molar-refractivity contribution in [3.8, 4) is 0 Å². The summed E-state index contributed by atoms with van der Waals surface area (Å²) in [6.45, 7) is 6.61. The normalized spacial score (nSPS) is 11.7. The van der Waals surface area contributed by atoms with Gasteiger partial charge in [0.15, 0.2) is 0 Å². The van der Waals surface area contributed by atoms with Gasteiger partial charge >= 0.3 is 0 Å². The molecule has 1 N–H and O–H groups in total. The van der Waals surface area contributed by atoms with E-state index in [-0.39, 0.29) is 18.2 Å². The molecule has 138 valence electrons. The minimum Gasteiger partial charge on any atom is -0.355 e. The third kappa shape index (κ3) is 5.70. The Morgan fingerprint density at radius 1 is 1.04 bits per heavy atom. The van der Waals surface area contributed by atoms with Crippen molar-refractivity contribution in [2.75, 3.05) is 6.54 Å². The van der Waals surface area contributed by atoms with Gasteiger partial charge in [-0.05, 0) is 44.0 Å². The van der Waals surface area contributed by atoms with Crippen LogP contribution in [0.4, 0.5) is 0 Å². The number of carbonyl (C=O) groups excluding carboxylic acids is 2. The van der Waals surface area contributed by atoms with E-state index in [1.165, 1.54) is 0 Å². The number of hydrogen-bond donors (Lipinski definition) is 1. The SMILES string of the molecule is CCNC(=O)[C@H](C)N(Cc1ccc(Br)cc1)C(=O)Cc1ccc(C)cc1. The Bertz CT molecular complexity index is 742. The summed E-state index contributed by atoms with van der Waals surface area (Å²) < 4.78 is 0.982. The Morgan fingerprint density at radius 2 is 1.62 bits per heavy atom. The lowest BCUT2D eigenvalue weighted by atomic mass is 10.1. The Hall–Kier alpha value is -2.14. The van der Waals surface area contributed by atoms with Crippen LogP contribution in [-0.4, -0.2) is 29.3 Å². The fraction of sp³-hybridized carbons (Fsp3) is 0.333. The van der Waals surface area contributed by atoms with Crippen molar-refractivity contribution in [3.63, 3.8) is 0 Å². The maximum absolute atomic E-state index is 13.0. The van der Waals surface area contributed by atoms with Crippen LogP contribution < -0.4 is 5.32 Å². The Kier molecular flexibility index (Phi) is 7.39. The second kappa shape index (κ2) is 9.53. The highest BCUT2D eigenvalue weighted by molar-refractivity contribution is 9.10. The van der Waals surface area contributed by atoms with Crippen LogP contribution in [0.3, 0.4) is 0 Å². The number of nitrogens with zero attached hydrogens (tertiary/aromatic N) is 1. The van der Waals surface area contributed by atoms with E-state index in [2.05, 4.69) is 21.2 Å². The summed E-state index contributed by atoms with van der Waals surface area (Å²) in [7, 11) is 0. The first-order valence-electron chi connectivity index (χ1n) is 8.78. The molecule has 0 saturated heterocycles. The maximum atomic E-state index is 13.0. The van der Waals surface area contributed by atoms with Crippen LogP contribution in [0.25, 0.3) is 0 Å². The summed E-state index contributed by atoms with van der Waals surface area (Å²) >= 11 is 3.42. The number of carbonyl (C=O) groups is 2. The molecule has 0 aliphatic rings. The smallest absolute Gasteiger partial charge is 0.242 e. The summed E-state index contributed by atoms with van der Waals surface area (Å²) in [5.74, 6) is -0.197. The van der Waals surface area contributed by atoms with Crippen molar-refractivity contribution in [2.24, 2.45) is 0 Å². The number of hydrogen-bond acceptors (Lipinski definition) is 2. The predicted molar refractivity (Wildman–Crippen MR) is 108 cm³/mol. The molecule has 0 spiro atoms. The van der Waals surface area contributed by atoms with Crippen molar-refractivity contribution < 1.29 is 9.59 Å². The zero-order valence-electron chi connectivity index (χ0n) is 15.5. The fourth-order valence-corrected chi connectivity index (χ4v) is 2.94. The lowest BCUT2D eigenvalue weighted by molar-refractivity contribution is -0.140. The monoisotopic (exact) mass is 416 g/mol. The number of benzene rings is 2. The molecular formula is C21H25BrN2O2. The van der Waals surface area contributed by atoms with Gasteiger partial charge in [-0.25, -0.2) is 0 Å². The molecular weight excluding hydrogens is 392 g/mol. The first-order valence-corrected chi connectivity index (χ1v) is 9.57. The van der Waals surface area contributed by atoms with Crippen LogP contribution >= 0.6 is 15.9 Å². The molecule has 2 rings (SSSR count). The molecule has 2 amide bonds. The first-order chi connectivity index (χ1) is 12.4. The van der Waals surface area contributed by atoms with Gasteiger partial charge in [0.05, 0.1) is 6.42 Å². The molecule has 0 aliphatic heterocycles. The van der Waals surface area contributed by atoms with E-state index in [0.29, 0.717) is 13.1 Å². The van der Waals surface area contributed by atoms with Crippen molar-refractivity contribution in [3.05, 3.63) is 69.7 Å². The highest BCUT2D eigenvalue weighted by Crippen LogP contribution is 2.16. The minimum absolute atomic E-state index is 0.0597. The van der Waals surface area contributed by atoms with Gasteiger partial charge in [0, 0.05) is 17.6 Å². The number of rotatable bonds is 7. The van der Waals surface area contributed by atoms with E-state index < -0.39 is 6.04 Å². The molecule has 5 heteroatoms. The second-order valence-corrected chi connectivity index (χ2v) is 7.30. The molecule has 0 radical (unpaired) electrons. The van der Waals surface area contributed by atoms with Crippen molar-refractivity contribution in [2.45, 2.75) is 39.8 Å². The van der Waals surface area contributed by atoms with Crippen LogP contribution in [0.5, 0.6) is 0 Å². The number of halogens is 1. The summed E-state index contributed by atoms with van der Waals surface area (Å²) in [6.07, 6.45) is 0.278. The average Bonchev–Trinajstić information content (AvgIpc) is 2.62. The van der Waals surface area contributed by atoms with Crippen LogP contribution in [0.2, 0.25) is 0 Å². The van der Waals surface area contributed by atoms with E-state index in [1.807, 2.05) is 62.4 Å². The quantitative estimate of drug-likeness (QED) is 0.744. The molecule has 0 fully saturated rings. The van der Waals surface area contributed by atoms with E-state index in [1.54, 1.807) is 11.8 Å². The summed E-state index contributed by atoms with van der Waals surface area (Å²) in [6, 6.07) is 15.2. The largest absolute Gasteiger partial charge is 0.355 e. The molecule has 0 bridgehead atoms. The second-order valence-electron chi connectivity index (χ2n) is 6.38. The zero-order chi connectivity index (χ0) is 19.1. The van der Waals surface area contributed by atoms with Gasteiger partial charge in [-0.3, -0.25) is 9.59 Å². The highest BCUT2D eigenvalue weighted by atomic mass is 79.9. The molecule has 0 heterocycles. The topological polar surface area (TPSA) is 49.4 Å². The maximum Gasteiger partial charge on any atom is 0.242 e. The molecule has 0 aliphatic carbocycles. The van der Waals surface area contributed by atoms with E-state index in [0.717, 1.165) is 21.2 Å².